The number of hydroxylamine groups is 2. The second kappa shape index (κ2) is 11.2. The summed E-state index contributed by atoms with van der Waals surface area (Å²) in [6, 6.07) is 0. The third-order valence-corrected chi connectivity index (χ3v) is 4.30. The number of phosphoric ester groups is 1. The maximum atomic E-state index is 11.6. The fourth-order valence-electron chi connectivity index (χ4n) is 2.17. The Hall–Kier alpha value is -0.420. The van der Waals surface area contributed by atoms with E-state index >= 15 is 0 Å². The standard InChI is InChI=1S/C14H29N2O4P/c1-2-3-4-5-6-7-8-9-10-13-19-21(17,18)20-16-12-11-15-14-16/h14H,2-13H2,1H3,(H,17,18). The smallest absolute Gasteiger partial charge is 0.301 e. The van der Waals surface area contributed by atoms with Crippen LogP contribution in [0.4, 0.5) is 0 Å². The van der Waals surface area contributed by atoms with Crippen molar-refractivity contribution in [3.63, 3.8) is 0 Å². The molecular weight excluding hydrogens is 291 g/mol. The van der Waals surface area contributed by atoms with Gasteiger partial charge in [0.25, 0.3) is 0 Å². The highest BCUT2D eigenvalue weighted by Crippen LogP contribution is 2.44. The molecule has 0 aromatic rings. The molecule has 0 amide bonds. The molecule has 0 aromatic heterocycles. The van der Waals surface area contributed by atoms with Crippen LogP contribution >= 0.6 is 7.82 Å². The van der Waals surface area contributed by atoms with E-state index in [2.05, 4.69) is 11.9 Å². The van der Waals surface area contributed by atoms with Gasteiger partial charge in [0.1, 0.15) is 6.34 Å². The second-order valence-electron chi connectivity index (χ2n) is 5.37. The van der Waals surface area contributed by atoms with Gasteiger partial charge in [-0.05, 0) is 6.42 Å². The second-order valence-corrected chi connectivity index (χ2v) is 6.73. The largest absolute Gasteiger partial charge is 0.493 e. The molecule has 21 heavy (non-hydrogen) atoms. The molecule has 6 nitrogen and oxygen atoms in total. The van der Waals surface area contributed by atoms with E-state index in [-0.39, 0.29) is 6.61 Å². The van der Waals surface area contributed by atoms with Crippen LogP contribution in [0, 0.1) is 0 Å². The van der Waals surface area contributed by atoms with Crippen LogP contribution in [0.25, 0.3) is 0 Å². The summed E-state index contributed by atoms with van der Waals surface area (Å²) < 4.78 is 21.4. The quantitative estimate of drug-likeness (QED) is 0.411. The molecule has 0 spiro atoms. The van der Waals surface area contributed by atoms with E-state index in [1.54, 1.807) is 0 Å². The molecule has 0 bridgehead atoms. The van der Waals surface area contributed by atoms with Crippen molar-refractivity contribution < 1.29 is 18.6 Å². The lowest BCUT2D eigenvalue weighted by Gasteiger charge is -2.17. The van der Waals surface area contributed by atoms with Crippen molar-refractivity contribution in [3.8, 4) is 0 Å². The third kappa shape index (κ3) is 10.0. The Morgan fingerprint density at radius 3 is 2.33 bits per heavy atom. The number of aliphatic imine (C=N–C) groups is 1. The highest BCUT2D eigenvalue weighted by molar-refractivity contribution is 7.47. The predicted molar refractivity (Wildman–Crippen MR) is 84.2 cm³/mol. The molecule has 0 aliphatic carbocycles. The Labute approximate surface area is 128 Å². The van der Waals surface area contributed by atoms with Gasteiger partial charge in [-0.3, -0.25) is 9.52 Å². The fourth-order valence-corrected chi connectivity index (χ4v) is 2.97. The molecule has 1 aliphatic heterocycles. The molecule has 1 heterocycles. The molecule has 1 aliphatic rings. The van der Waals surface area contributed by atoms with Crippen molar-refractivity contribution in [3.05, 3.63) is 0 Å². The number of hydrogen-bond acceptors (Lipinski definition) is 5. The van der Waals surface area contributed by atoms with Crippen molar-refractivity contribution in [1.29, 1.82) is 0 Å². The molecule has 0 radical (unpaired) electrons. The number of hydrogen-bond donors (Lipinski definition) is 1. The first-order valence-corrected chi connectivity index (χ1v) is 9.57. The van der Waals surface area contributed by atoms with Crippen LogP contribution in [0.2, 0.25) is 0 Å². The summed E-state index contributed by atoms with van der Waals surface area (Å²) in [5, 5.41) is 1.25. The van der Waals surface area contributed by atoms with Gasteiger partial charge in [0.2, 0.25) is 0 Å². The summed E-state index contributed by atoms with van der Waals surface area (Å²) in [5.41, 5.74) is 0. The van der Waals surface area contributed by atoms with E-state index in [9.17, 15) is 9.46 Å². The normalized spacial score (nSPS) is 17.3. The molecule has 124 valence electrons. The Kier molecular flexibility index (Phi) is 9.92. The van der Waals surface area contributed by atoms with E-state index in [1.165, 1.54) is 49.9 Å². The van der Waals surface area contributed by atoms with E-state index in [1.807, 2.05) is 0 Å². The summed E-state index contributed by atoms with van der Waals surface area (Å²) in [6.07, 6.45) is 12.2. The van der Waals surface area contributed by atoms with Gasteiger partial charge in [-0.1, -0.05) is 58.3 Å². The Bertz CT molecular complexity index is 339. The van der Waals surface area contributed by atoms with Gasteiger partial charge in [0, 0.05) is 0 Å². The van der Waals surface area contributed by atoms with E-state index in [0.717, 1.165) is 19.3 Å². The van der Waals surface area contributed by atoms with Crippen LogP contribution in [-0.4, -0.2) is 36.0 Å². The van der Waals surface area contributed by atoms with Crippen molar-refractivity contribution in [2.24, 2.45) is 4.99 Å². The summed E-state index contributed by atoms with van der Waals surface area (Å²) in [5.74, 6) is 0. The van der Waals surface area contributed by atoms with Gasteiger partial charge in [-0.25, -0.2) is 9.63 Å². The van der Waals surface area contributed by atoms with Gasteiger partial charge < -0.3 is 4.89 Å². The van der Waals surface area contributed by atoms with E-state index < -0.39 is 7.82 Å². The summed E-state index contributed by atoms with van der Waals surface area (Å²) >= 11 is 0. The van der Waals surface area contributed by atoms with Crippen LogP contribution in [-0.2, 0) is 13.7 Å². The van der Waals surface area contributed by atoms with Gasteiger partial charge in [0.05, 0.1) is 19.7 Å². The zero-order valence-electron chi connectivity index (χ0n) is 13.1. The lowest BCUT2D eigenvalue weighted by atomic mass is 10.1. The average molecular weight is 320 g/mol. The van der Waals surface area contributed by atoms with Crippen molar-refractivity contribution in [2.45, 2.75) is 64.7 Å². The van der Waals surface area contributed by atoms with Gasteiger partial charge in [-0.15, -0.1) is 0 Å². The monoisotopic (exact) mass is 320 g/mol. The first-order valence-electron chi connectivity index (χ1n) is 8.07. The fraction of sp³-hybridized carbons (Fsp3) is 0.929. The first-order chi connectivity index (χ1) is 10.1. The van der Waals surface area contributed by atoms with Crippen LogP contribution in [0.15, 0.2) is 4.99 Å². The summed E-state index contributed by atoms with van der Waals surface area (Å²) in [4.78, 5) is 13.4. The lowest BCUT2D eigenvalue weighted by molar-refractivity contribution is -0.00997. The molecule has 0 fully saturated rings. The SMILES string of the molecule is CCCCCCCCCCCOP(=O)(O)ON1C=NCC1. The van der Waals surface area contributed by atoms with E-state index in [4.69, 9.17) is 9.15 Å². The van der Waals surface area contributed by atoms with Crippen LogP contribution in [0.5, 0.6) is 0 Å². The number of rotatable bonds is 13. The minimum atomic E-state index is -3.98. The van der Waals surface area contributed by atoms with Crippen molar-refractivity contribution in [2.75, 3.05) is 19.7 Å². The third-order valence-electron chi connectivity index (χ3n) is 3.37. The maximum Gasteiger partial charge on any atom is 0.493 e. The van der Waals surface area contributed by atoms with Gasteiger partial charge in [-0.2, -0.15) is 4.62 Å². The average Bonchev–Trinajstić information content (AvgIpc) is 2.93. The highest BCUT2D eigenvalue weighted by atomic mass is 31.2. The summed E-state index contributed by atoms with van der Waals surface area (Å²) in [6.45, 7) is 3.55. The number of unbranched alkanes of at least 4 members (excludes halogenated alkanes) is 8. The van der Waals surface area contributed by atoms with Crippen LogP contribution in [0.3, 0.4) is 0 Å². The zero-order valence-corrected chi connectivity index (χ0v) is 14.0. The van der Waals surface area contributed by atoms with Gasteiger partial charge in [0.15, 0.2) is 0 Å². The zero-order chi connectivity index (χ0) is 15.4. The first kappa shape index (κ1) is 18.6. The number of phosphoric acid groups is 1. The molecule has 1 atom stereocenters. The Balaban J connectivity index is 1.91. The van der Waals surface area contributed by atoms with E-state index in [0.29, 0.717) is 13.1 Å². The lowest BCUT2D eigenvalue weighted by Crippen LogP contribution is -2.19. The maximum absolute atomic E-state index is 11.6. The molecule has 1 rings (SSSR count). The molecular formula is C14H29N2O4P. The molecule has 0 aromatic carbocycles. The number of nitrogens with zero attached hydrogens (tertiary/aromatic N) is 2. The summed E-state index contributed by atoms with van der Waals surface area (Å²) in [7, 11) is -3.98. The highest BCUT2D eigenvalue weighted by Gasteiger charge is 2.25. The van der Waals surface area contributed by atoms with Crippen LogP contribution in [0.1, 0.15) is 64.7 Å². The Morgan fingerprint density at radius 2 is 1.76 bits per heavy atom. The minimum Gasteiger partial charge on any atom is -0.301 e. The molecule has 1 N–H and O–H groups in total. The predicted octanol–water partition coefficient (Wildman–Crippen LogP) is 3.91. The Morgan fingerprint density at radius 1 is 1.14 bits per heavy atom. The van der Waals surface area contributed by atoms with Crippen molar-refractivity contribution >= 4 is 14.2 Å². The topological polar surface area (TPSA) is 71.4 Å². The minimum absolute atomic E-state index is 0.259. The van der Waals surface area contributed by atoms with Crippen LogP contribution < -0.4 is 0 Å². The molecule has 0 saturated heterocycles. The molecule has 7 heteroatoms. The molecule has 0 saturated carbocycles. The van der Waals surface area contributed by atoms with Crippen molar-refractivity contribution in [1.82, 2.24) is 5.06 Å². The van der Waals surface area contributed by atoms with Gasteiger partial charge >= 0.3 is 7.82 Å². The molecule has 1 unspecified atom stereocenters.